The first-order valence-corrected chi connectivity index (χ1v) is 5.22. The van der Waals surface area contributed by atoms with Crippen molar-refractivity contribution in [2.45, 2.75) is 18.6 Å². The Morgan fingerprint density at radius 1 is 1.50 bits per heavy atom. The number of hydrogen-bond acceptors (Lipinski definition) is 5. The van der Waals surface area contributed by atoms with Gasteiger partial charge >= 0.3 is 0 Å². The molecule has 1 aliphatic rings. The molecule has 0 unspecified atom stereocenters. The number of β-amino-alcohol motifs (C(OH)–C–C–N with tert-alkyl or cyclic N) is 1. The lowest BCUT2D eigenvalue weighted by Gasteiger charge is -2.01. The molecule has 0 saturated carbocycles. The smallest absolute Gasteiger partial charge is 0.244 e. The van der Waals surface area contributed by atoms with Crippen LogP contribution in [0.1, 0.15) is 18.4 Å². The molecule has 1 aliphatic heterocycles. The van der Waals surface area contributed by atoms with E-state index in [0.29, 0.717) is 24.7 Å². The average molecular weight is 220 g/mol. The summed E-state index contributed by atoms with van der Waals surface area (Å²) in [5.74, 6) is 1.07. The Morgan fingerprint density at radius 3 is 3.12 bits per heavy atom. The number of aliphatic hydroxyl groups excluding tert-OH is 1. The van der Waals surface area contributed by atoms with Crippen LogP contribution in [-0.4, -0.2) is 32.9 Å². The lowest BCUT2D eigenvalue weighted by atomic mass is 10.2. The van der Waals surface area contributed by atoms with Crippen LogP contribution in [0, 0.1) is 0 Å². The number of nitrogens with one attached hydrogen (secondary N) is 2. The first-order valence-electron chi connectivity index (χ1n) is 5.22. The van der Waals surface area contributed by atoms with Crippen LogP contribution in [0.2, 0.25) is 0 Å². The average Bonchev–Trinajstić information content (AvgIpc) is 2.97. The van der Waals surface area contributed by atoms with Crippen molar-refractivity contribution >= 4 is 0 Å². The van der Waals surface area contributed by atoms with Crippen molar-refractivity contribution in [3.8, 4) is 11.5 Å². The van der Waals surface area contributed by atoms with Gasteiger partial charge in [0, 0.05) is 12.7 Å². The van der Waals surface area contributed by atoms with Crippen LogP contribution in [0.3, 0.4) is 0 Å². The van der Waals surface area contributed by atoms with E-state index < -0.39 is 0 Å². The fourth-order valence-corrected chi connectivity index (χ4v) is 1.86. The zero-order valence-electron chi connectivity index (χ0n) is 8.55. The summed E-state index contributed by atoms with van der Waals surface area (Å²) < 4.78 is 5.17. The third-order valence-corrected chi connectivity index (χ3v) is 2.69. The van der Waals surface area contributed by atoms with E-state index >= 15 is 0 Å². The van der Waals surface area contributed by atoms with Crippen LogP contribution in [0.25, 0.3) is 11.5 Å². The number of aromatic amines is 1. The zero-order chi connectivity index (χ0) is 11.0. The molecule has 84 valence electrons. The predicted molar refractivity (Wildman–Crippen MR) is 55.5 cm³/mol. The molecular formula is C10H12N4O2. The maximum Gasteiger partial charge on any atom is 0.244 e. The van der Waals surface area contributed by atoms with Crippen LogP contribution in [0.5, 0.6) is 0 Å². The molecule has 2 aromatic rings. The summed E-state index contributed by atoms with van der Waals surface area (Å²) in [6.45, 7) is 0.574. The Kier molecular flexibility index (Phi) is 2.23. The van der Waals surface area contributed by atoms with Gasteiger partial charge in [0.15, 0.2) is 0 Å². The highest BCUT2D eigenvalue weighted by Crippen LogP contribution is 2.23. The van der Waals surface area contributed by atoms with Crippen molar-refractivity contribution in [1.29, 1.82) is 0 Å². The molecule has 3 heterocycles. The fraction of sp³-hybridized carbons (Fsp3) is 0.400. The Labute approximate surface area is 91.7 Å². The molecule has 0 spiro atoms. The quantitative estimate of drug-likeness (QED) is 0.684. The molecule has 6 nitrogen and oxygen atoms in total. The van der Waals surface area contributed by atoms with E-state index in [1.807, 2.05) is 18.3 Å². The van der Waals surface area contributed by atoms with Gasteiger partial charge in [-0.1, -0.05) is 5.16 Å². The molecule has 6 heteroatoms. The third-order valence-electron chi connectivity index (χ3n) is 2.69. The summed E-state index contributed by atoms with van der Waals surface area (Å²) >= 11 is 0. The largest absolute Gasteiger partial charge is 0.392 e. The lowest BCUT2D eigenvalue weighted by molar-refractivity contribution is 0.191. The first-order chi connectivity index (χ1) is 7.83. The van der Waals surface area contributed by atoms with Crippen LogP contribution in [-0.2, 0) is 0 Å². The molecule has 0 amide bonds. The molecule has 0 aliphatic carbocycles. The molecule has 2 atom stereocenters. The second-order valence-electron chi connectivity index (χ2n) is 3.89. The number of nitrogens with zero attached hydrogens (tertiary/aromatic N) is 2. The van der Waals surface area contributed by atoms with Gasteiger partial charge in [-0.3, -0.25) is 0 Å². The third kappa shape index (κ3) is 1.62. The number of H-pyrrole nitrogens is 1. The predicted octanol–water partition coefficient (Wildman–Crippen LogP) is 0.460. The van der Waals surface area contributed by atoms with Gasteiger partial charge < -0.3 is 19.9 Å². The maximum atomic E-state index is 9.39. The van der Waals surface area contributed by atoms with E-state index in [9.17, 15) is 5.11 Å². The van der Waals surface area contributed by atoms with E-state index in [2.05, 4.69) is 20.4 Å². The Balaban J connectivity index is 1.83. The minimum absolute atomic E-state index is 0.0359. The molecule has 3 N–H and O–H groups in total. The van der Waals surface area contributed by atoms with Gasteiger partial charge in [-0.25, -0.2) is 0 Å². The van der Waals surface area contributed by atoms with Gasteiger partial charge in [-0.15, -0.1) is 0 Å². The van der Waals surface area contributed by atoms with E-state index in [0.717, 1.165) is 5.69 Å². The monoisotopic (exact) mass is 220 g/mol. The minimum Gasteiger partial charge on any atom is -0.392 e. The first kappa shape index (κ1) is 9.56. The molecule has 1 fully saturated rings. The summed E-state index contributed by atoms with van der Waals surface area (Å²) in [5, 5.41) is 16.4. The van der Waals surface area contributed by atoms with Gasteiger partial charge in [0.25, 0.3) is 0 Å². The Morgan fingerprint density at radius 2 is 2.44 bits per heavy atom. The molecular weight excluding hydrogens is 208 g/mol. The Hall–Kier alpha value is -1.66. The zero-order valence-corrected chi connectivity index (χ0v) is 8.55. The normalized spacial score (nSPS) is 25.1. The molecule has 0 aromatic carbocycles. The molecule has 0 bridgehead atoms. The standard InChI is InChI=1S/C10H12N4O2/c15-6-4-8(12-5-6)10-13-9(14-16-10)7-2-1-3-11-7/h1-3,6,8,11-12,15H,4-5H2/t6-,8-/m0/s1. The van der Waals surface area contributed by atoms with Crippen LogP contribution >= 0.6 is 0 Å². The highest BCUT2D eigenvalue weighted by molar-refractivity contribution is 5.47. The topological polar surface area (TPSA) is 87.0 Å². The lowest BCUT2D eigenvalue weighted by Crippen LogP contribution is -2.15. The van der Waals surface area contributed by atoms with Crippen molar-refractivity contribution in [2.75, 3.05) is 6.54 Å². The SMILES string of the molecule is O[C@@H]1CN[C@H](c2nc(-c3ccc[nH]3)no2)C1. The van der Waals surface area contributed by atoms with Crippen molar-refractivity contribution in [3.05, 3.63) is 24.2 Å². The summed E-state index contributed by atoms with van der Waals surface area (Å²) in [6.07, 6.45) is 2.10. The van der Waals surface area contributed by atoms with Crippen molar-refractivity contribution in [1.82, 2.24) is 20.4 Å². The molecule has 0 radical (unpaired) electrons. The number of aromatic nitrogens is 3. The van der Waals surface area contributed by atoms with Crippen molar-refractivity contribution in [2.24, 2.45) is 0 Å². The Bertz CT molecular complexity index is 465. The molecule has 16 heavy (non-hydrogen) atoms. The summed E-state index contributed by atoms with van der Waals surface area (Å²) in [7, 11) is 0. The van der Waals surface area contributed by atoms with Gasteiger partial charge in [0.05, 0.1) is 17.8 Å². The number of aliphatic hydroxyl groups is 1. The second kappa shape index (κ2) is 3.73. The second-order valence-corrected chi connectivity index (χ2v) is 3.89. The van der Waals surface area contributed by atoms with Crippen LogP contribution < -0.4 is 5.32 Å². The van der Waals surface area contributed by atoms with Crippen LogP contribution in [0.15, 0.2) is 22.9 Å². The van der Waals surface area contributed by atoms with Crippen molar-refractivity contribution in [3.63, 3.8) is 0 Å². The van der Waals surface area contributed by atoms with E-state index in [-0.39, 0.29) is 12.1 Å². The van der Waals surface area contributed by atoms with Gasteiger partial charge in [-0.05, 0) is 18.6 Å². The number of hydrogen-bond donors (Lipinski definition) is 3. The molecule has 3 rings (SSSR count). The highest BCUT2D eigenvalue weighted by Gasteiger charge is 2.28. The maximum absolute atomic E-state index is 9.39. The molecule has 1 saturated heterocycles. The number of rotatable bonds is 2. The summed E-state index contributed by atoms with van der Waals surface area (Å²) in [4.78, 5) is 7.30. The summed E-state index contributed by atoms with van der Waals surface area (Å²) in [5.41, 5.74) is 0.827. The van der Waals surface area contributed by atoms with Crippen molar-refractivity contribution < 1.29 is 9.63 Å². The van der Waals surface area contributed by atoms with Gasteiger partial charge in [-0.2, -0.15) is 4.98 Å². The minimum atomic E-state index is -0.328. The van der Waals surface area contributed by atoms with E-state index in [1.165, 1.54) is 0 Å². The highest BCUT2D eigenvalue weighted by atomic mass is 16.5. The fourth-order valence-electron chi connectivity index (χ4n) is 1.86. The molecule has 2 aromatic heterocycles. The summed E-state index contributed by atoms with van der Waals surface area (Å²) in [6, 6.07) is 3.72. The van der Waals surface area contributed by atoms with E-state index in [1.54, 1.807) is 0 Å². The van der Waals surface area contributed by atoms with Crippen LogP contribution in [0.4, 0.5) is 0 Å². The van der Waals surface area contributed by atoms with Gasteiger partial charge in [0.2, 0.25) is 11.7 Å². The van der Waals surface area contributed by atoms with E-state index in [4.69, 9.17) is 4.52 Å². The van der Waals surface area contributed by atoms with Gasteiger partial charge in [0.1, 0.15) is 0 Å².